The molecule has 0 aliphatic carbocycles. The molecule has 0 radical (unpaired) electrons. The van der Waals surface area contributed by atoms with Crippen molar-refractivity contribution >= 4 is 40.8 Å². The first-order valence-electron chi connectivity index (χ1n) is 8.21. The number of carbonyl (C=O) groups excluding carboxylic acids is 2. The minimum Gasteiger partial charge on any atom is -0.456 e. The fraction of sp³-hybridized carbons (Fsp3) is 0.200. The van der Waals surface area contributed by atoms with Crippen LogP contribution in [0.4, 0.5) is 5.69 Å². The molecule has 132 valence electrons. The molecule has 1 amide bonds. The molecule has 0 spiro atoms. The van der Waals surface area contributed by atoms with E-state index in [2.05, 4.69) is 0 Å². The van der Waals surface area contributed by atoms with Gasteiger partial charge in [0.1, 0.15) is 6.61 Å². The molecular weight excluding hydrogens is 373 g/mol. The number of rotatable bonds is 2. The molecule has 4 nitrogen and oxygen atoms in total. The van der Waals surface area contributed by atoms with Crippen molar-refractivity contribution < 1.29 is 14.3 Å². The van der Waals surface area contributed by atoms with Gasteiger partial charge in [-0.2, -0.15) is 0 Å². The van der Waals surface area contributed by atoms with Gasteiger partial charge in [0.05, 0.1) is 11.3 Å². The summed E-state index contributed by atoms with van der Waals surface area (Å²) in [5, 5.41) is 0.872. The van der Waals surface area contributed by atoms with Gasteiger partial charge < -0.3 is 4.74 Å². The van der Waals surface area contributed by atoms with Crippen molar-refractivity contribution in [1.29, 1.82) is 0 Å². The summed E-state index contributed by atoms with van der Waals surface area (Å²) in [4.78, 5) is 27.0. The van der Waals surface area contributed by atoms with Crippen LogP contribution in [0.3, 0.4) is 0 Å². The Bertz CT molecular complexity index is 947. The van der Waals surface area contributed by atoms with E-state index in [1.165, 1.54) is 0 Å². The highest BCUT2D eigenvalue weighted by Crippen LogP contribution is 2.45. The molecule has 2 heterocycles. The van der Waals surface area contributed by atoms with Crippen LogP contribution in [0.15, 0.2) is 53.7 Å². The van der Waals surface area contributed by atoms with Crippen molar-refractivity contribution in [3.05, 3.63) is 74.9 Å². The van der Waals surface area contributed by atoms with Gasteiger partial charge in [0.25, 0.3) is 0 Å². The predicted molar refractivity (Wildman–Crippen MR) is 100 cm³/mol. The average molecular weight is 388 g/mol. The maximum Gasteiger partial charge on any atom is 0.336 e. The van der Waals surface area contributed by atoms with Crippen LogP contribution in [0.2, 0.25) is 10.0 Å². The molecule has 0 saturated heterocycles. The number of halogens is 2. The summed E-state index contributed by atoms with van der Waals surface area (Å²) in [5.74, 6) is -1.05. The Morgan fingerprint density at radius 1 is 1.08 bits per heavy atom. The normalized spacial score (nSPS) is 19.7. The lowest BCUT2D eigenvalue weighted by molar-refractivity contribution is -0.136. The first kappa shape index (κ1) is 17.1. The number of cyclic esters (lactones) is 1. The molecule has 4 rings (SSSR count). The molecule has 6 heteroatoms. The highest BCUT2D eigenvalue weighted by atomic mass is 35.5. The zero-order valence-corrected chi connectivity index (χ0v) is 15.5. The molecular formula is C20H15Cl2NO3. The summed E-state index contributed by atoms with van der Waals surface area (Å²) in [6.45, 7) is 2.02. The average Bonchev–Trinajstić information content (AvgIpc) is 2.96. The number of hydrogen-bond acceptors (Lipinski definition) is 3. The van der Waals surface area contributed by atoms with Gasteiger partial charge in [-0.1, -0.05) is 41.4 Å². The molecule has 2 aliphatic heterocycles. The number of esters is 1. The van der Waals surface area contributed by atoms with Gasteiger partial charge in [-0.25, -0.2) is 4.79 Å². The third-order valence-corrected chi connectivity index (χ3v) is 5.38. The van der Waals surface area contributed by atoms with Crippen molar-refractivity contribution in [3.8, 4) is 0 Å². The number of carbonyl (C=O) groups is 2. The third-order valence-electron chi connectivity index (χ3n) is 4.73. The van der Waals surface area contributed by atoms with E-state index in [4.69, 9.17) is 27.9 Å². The number of benzene rings is 2. The fourth-order valence-electron chi connectivity index (χ4n) is 3.61. The van der Waals surface area contributed by atoms with Crippen molar-refractivity contribution in [1.82, 2.24) is 0 Å². The highest BCUT2D eigenvalue weighted by Gasteiger charge is 2.44. The molecule has 0 saturated carbocycles. The Kier molecular flexibility index (Phi) is 4.25. The second-order valence-electron chi connectivity index (χ2n) is 6.40. The number of amides is 1. The van der Waals surface area contributed by atoms with Crippen molar-refractivity contribution in [3.63, 3.8) is 0 Å². The van der Waals surface area contributed by atoms with Gasteiger partial charge in [0, 0.05) is 28.1 Å². The Hall–Kier alpha value is -2.30. The summed E-state index contributed by atoms with van der Waals surface area (Å²) in [6, 6.07) is 12.7. The zero-order chi connectivity index (χ0) is 18.4. The van der Waals surface area contributed by atoms with E-state index in [1.807, 2.05) is 31.2 Å². The lowest BCUT2D eigenvalue weighted by Gasteiger charge is -2.32. The summed E-state index contributed by atoms with van der Waals surface area (Å²) in [6.07, 6.45) is 0.103. The number of nitrogens with zero attached hydrogens (tertiary/aromatic N) is 1. The van der Waals surface area contributed by atoms with Crippen molar-refractivity contribution in [2.75, 3.05) is 11.5 Å². The molecule has 0 N–H and O–H groups in total. The Morgan fingerprint density at radius 3 is 2.46 bits per heavy atom. The second-order valence-corrected chi connectivity index (χ2v) is 7.21. The van der Waals surface area contributed by atoms with Gasteiger partial charge in [-0.05, 0) is 42.3 Å². The van der Waals surface area contributed by atoms with E-state index in [1.54, 1.807) is 23.1 Å². The quantitative estimate of drug-likeness (QED) is 0.705. The molecule has 0 aromatic heterocycles. The summed E-state index contributed by atoms with van der Waals surface area (Å²) in [5.41, 5.74) is 3.38. The van der Waals surface area contributed by atoms with E-state index in [-0.39, 0.29) is 18.9 Å². The largest absolute Gasteiger partial charge is 0.456 e. The van der Waals surface area contributed by atoms with E-state index >= 15 is 0 Å². The lowest BCUT2D eigenvalue weighted by atomic mass is 9.84. The smallest absolute Gasteiger partial charge is 0.336 e. The van der Waals surface area contributed by atoms with Crippen molar-refractivity contribution in [2.45, 2.75) is 19.3 Å². The minimum atomic E-state index is -0.505. The van der Waals surface area contributed by atoms with Crippen LogP contribution in [-0.4, -0.2) is 18.5 Å². The first-order valence-corrected chi connectivity index (χ1v) is 8.96. The minimum absolute atomic E-state index is 0.0619. The van der Waals surface area contributed by atoms with Gasteiger partial charge in [-0.3, -0.25) is 9.69 Å². The molecule has 0 fully saturated rings. The van der Waals surface area contributed by atoms with Gasteiger partial charge >= 0.3 is 5.97 Å². The summed E-state index contributed by atoms with van der Waals surface area (Å²) in [7, 11) is 0. The molecule has 0 bridgehead atoms. The fourth-order valence-corrected chi connectivity index (χ4v) is 4.27. The number of anilines is 1. The summed E-state index contributed by atoms with van der Waals surface area (Å²) >= 11 is 12.7. The Morgan fingerprint density at radius 2 is 1.77 bits per heavy atom. The standard InChI is InChI=1S/C20H15Cl2NO3/c1-11-4-2-5-12(8-11)23-16-10-26-20(25)19(16)13(9-17(23)24)18-14(21)6-3-7-15(18)22/h2-8,13H,9-10H2,1H3. The van der Waals surface area contributed by atoms with Crippen LogP contribution in [0.1, 0.15) is 23.5 Å². The Labute approximate surface area is 161 Å². The molecule has 2 aliphatic rings. The topological polar surface area (TPSA) is 46.6 Å². The second kappa shape index (κ2) is 6.45. The highest BCUT2D eigenvalue weighted by molar-refractivity contribution is 6.36. The molecule has 2 aromatic carbocycles. The lowest BCUT2D eigenvalue weighted by Crippen LogP contribution is -2.37. The first-order chi connectivity index (χ1) is 12.5. The van der Waals surface area contributed by atoms with Crippen LogP contribution < -0.4 is 4.90 Å². The van der Waals surface area contributed by atoms with Crippen LogP contribution in [0.25, 0.3) is 0 Å². The van der Waals surface area contributed by atoms with E-state index < -0.39 is 11.9 Å². The van der Waals surface area contributed by atoms with Crippen LogP contribution >= 0.6 is 23.2 Å². The van der Waals surface area contributed by atoms with E-state index in [0.29, 0.717) is 26.9 Å². The van der Waals surface area contributed by atoms with Crippen LogP contribution in [0, 0.1) is 6.92 Å². The monoisotopic (exact) mass is 387 g/mol. The molecule has 1 atom stereocenters. The van der Waals surface area contributed by atoms with E-state index in [9.17, 15) is 9.59 Å². The van der Waals surface area contributed by atoms with Gasteiger partial charge in [0.15, 0.2) is 0 Å². The maximum atomic E-state index is 13.0. The number of hydrogen-bond donors (Lipinski definition) is 0. The summed E-state index contributed by atoms with van der Waals surface area (Å²) < 4.78 is 5.27. The van der Waals surface area contributed by atoms with Gasteiger partial charge in [0.2, 0.25) is 5.91 Å². The maximum absolute atomic E-state index is 13.0. The van der Waals surface area contributed by atoms with Gasteiger partial charge in [-0.15, -0.1) is 0 Å². The van der Waals surface area contributed by atoms with Crippen LogP contribution in [-0.2, 0) is 14.3 Å². The zero-order valence-electron chi connectivity index (χ0n) is 14.0. The number of ether oxygens (including phenoxy) is 1. The number of aryl methyl sites for hydroxylation is 1. The van der Waals surface area contributed by atoms with E-state index in [0.717, 1.165) is 11.3 Å². The van der Waals surface area contributed by atoms with Crippen molar-refractivity contribution in [2.24, 2.45) is 0 Å². The third kappa shape index (κ3) is 2.70. The molecule has 1 unspecified atom stereocenters. The SMILES string of the molecule is Cc1cccc(N2C(=O)CC(c3c(Cl)cccc3Cl)C3=C2COC3=O)c1. The molecule has 26 heavy (non-hydrogen) atoms. The molecule has 2 aromatic rings. The van der Waals surface area contributed by atoms with Crippen LogP contribution in [0.5, 0.6) is 0 Å². The Balaban J connectivity index is 1.89. The predicted octanol–water partition coefficient (Wildman–Crippen LogP) is 4.63.